The topological polar surface area (TPSA) is 26.0 Å². The van der Waals surface area contributed by atoms with Crippen LogP contribution in [0.5, 0.6) is 0 Å². The van der Waals surface area contributed by atoms with Crippen LogP contribution in [0.25, 0.3) is 0 Å². The van der Waals surface area contributed by atoms with E-state index in [0.29, 0.717) is 0 Å². The molecular formula is C13H19N. The van der Waals surface area contributed by atoms with Crippen LogP contribution in [0.2, 0.25) is 0 Å². The maximum Gasteiger partial charge on any atom is 0.00755 e. The van der Waals surface area contributed by atoms with Crippen LogP contribution in [0.4, 0.5) is 0 Å². The lowest BCUT2D eigenvalue weighted by Crippen LogP contribution is -2.34. The van der Waals surface area contributed by atoms with Crippen molar-refractivity contribution in [2.45, 2.75) is 32.1 Å². The minimum Gasteiger partial charge on any atom is -0.330 e. The Morgan fingerprint density at radius 2 is 1.86 bits per heavy atom. The number of hydrogen-bond donors (Lipinski definition) is 1. The Labute approximate surface area is 86.3 Å². The SMILES string of the molecule is Cc1ccc(C(C)(CN)C2CC2)cc1. The molecule has 0 saturated heterocycles. The van der Waals surface area contributed by atoms with Crippen molar-refractivity contribution < 1.29 is 0 Å². The van der Waals surface area contributed by atoms with Crippen molar-refractivity contribution in [2.24, 2.45) is 11.7 Å². The minimum atomic E-state index is 0.216. The fourth-order valence-electron chi connectivity index (χ4n) is 2.17. The molecule has 0 aromatic heterocycles. The van der Waals surface area contributed by atoms with Crippen molar-refractivity contribution in [1.29, 1.82) is 0 Å². The molecule has 0 radical (unpaired) electrons. The smallest absolute Gasteiger partial charge is 0.00755 e. The first kappa shape index (κ1) is 9.72. The molecular weight excluding hydrogens is 170 g/mol. The first-order valence-corrected chi connectivity index (χ1v) is 5.44. The van der Waals surface area contributed by atoms with Crippen LogP contribution in [0, 0.1) is 12.8 Å². The Kier molecular flexibility index (Phi) is 2.36. The highest BCUT2D eigenvalue weighted by atomic mass is 14.6. The predicted octanol–water partition coefficient (Wildman–Crippen LogP) is 2.62. The number of benzene rings is 1. The highest BCUT2D eigenvalue weighted by molar-refractivity contribution is 5.30. The van der Waals surface area contributed by atoms with Gasteiger partial charge in [-0.3, -0.25) is 0 Å². The summed E-state index contributed by atoms with van der Waals surface area (Å²) < 4.78 is 0. The average molecular weight is 189 g/mol. The van der Waals surface area contributed by atoms with E-state index in [4.69, 9.17) is 5.73 Å². The summed E-state index contributed by atoms with van der Waals surface area (Å²) in [6, 6.07) is 8.85. The molecule has 1 saturated carbocycles. The molecule has 0 heterocycles. The summed E-state index contributed by atoms with van der Waals surface area (Å²) in [6.45, 7) is 5.19. The molecule has 1 nitrogen and oxygen atoms in total. The van der Waals surface area contributed by atoms with Gasteiger partial charge in [-0.25, -0.2) is 0 Å². The van der Waals surface area contributed by atoms with Crippen LogP contribution in [0.15, 0.2) is 24.3 Å². The number of nitrogens with two attached hydrogens (primary N) is 1. The Morgan fingerprint density at radius 1 is 1.29 bits per heavy atom. The molecule has 1 aromatic carbocycles. The van der Waals surface area contributed by atoms with E-state index in [2.05, 4.69) is 38.1 Å². The van der Waals surface area contributed by atoms with E-state index < -0.39 is 0 Å². The van der Waals surface area contributed by atoms with Gasteiger partial charge in [-0.15, -0.1) is 0 Å². The van der Waals surface area contributed by atoms with E-state index in [9.17, 15) is 0 Å². The lowest BCUT2D eigenvalue weighted by molar-refractivity contribution is 0.420. The molecule has 1 heteroatoms. The molecule has 0 spiro atoms. The largest absolute Gasteiger partial charge is 0.330 e. The van der Waals surface area contributed by atoms with Gasteiger partial charge < -0.3 is 5.73 Å². The predicted molar refractivity (Wildman–Crippen MR) is 60.3 cm³/mol. The molecule has 1 fully saturated rings. The van der Waals surface area contributed by atoms with Crippen LogP contribution in [0.3, 0.4) is 0 Å². The van der Waals surface area contributed by atoms with Gasteiger partial charge in [-0.1, -0.05) is 36.8 Å². The van der Waals surface area contributed by atoms with Crippen LogP contribution in [-0.2, 0) is 5.41 Å². The fourth-order valence-corrected chi connectivity index (χ4v) is 2.17. The Bertz CT molecular complexity index is 311. The van der Waals surface area contributed by atoms with Gasteiger partial charge in [0.15, 0.2) is 0 Å². The van der Waals surface area contributed by atoms with Gasteiger partial charge in [0.2, 0.25) is 0 Å². The molecule has 2 N–H and O–H groups in total. The summed E-state index contributed by atoms with van der Waals surface area (Å²) in [6.07, 6.45) is 2.70. The number of aryl methyl sites for hydroxylation is 1. The third-order valence-electron chi connectivity index (χ3n) is 3.61. The van der Waals surface area contributed by atoms with Gasteiger partial charge in [-0.2, -0.15) is 0 Å². The van der Waals surface area contributed by atoms with Gasteiger partial charge in [0, 0.05) is 12.0 Å². The van der Waals surface area contributed by atoms with Crippen molar-refractivity contribution in [3.05, 3.63) is 35.4 Å². The zero-order valence-corrected chi connectivity index (χ0v) is 9.09. The summed E-state index contributed by atoms with van der Waals surface area (Å²) >= 11 is 0. The zero-order valence-electron chi connectivity index (χ0n) is 9.09. The van der Waals surface area contributed by atoms with Gasteiger partial charge in [0.25, 0.3) is 0 Å². The highest BCUT2D eigenvalue weighted by Gasteiger charge is 2.41. The molecule has 0 amide bonds. The van der Waals surface area contributed by atoms with Gasteiger partial charge in [0.1, 0.15) is 0 Å². The van der Waals surface area contributed by atoms with E-state index in [1.165, 1.54) is 24.0 Å². The summed E-state index contributed by atoms with van der Waals surface area (Å²) in [5.74, 6) is 0.815. The molecule has 1 aliphatic rings. The second-order valence-corrected chi connectivity index (χ2v) is 4.76. The molecule has 1 aliphatic carbocycles. The first-order valence-electron chi connectivity index (χ1n) is 5.44. The van der Waals surface area contributed by atoms with Crippen molar-refractivity contribution in [2.75, 3.05) is 6.54 Å². The van der Waals surface area contributed by atoms with Crippen LogP contribution >= 0.6 is 0 Å². The maximum absolute atomic E-state index is 5.92. The van der Waals surface area contributed by atoms with Crippen molar-refractivity contribution >= 4 is 0 Å². The third-order valence-corrected chi connectivity index (χ3v) is 3.61. The van der Waals surface area contributed by atoms with Gasteiger partial charge in [-0.05, 0) is 31.2 Å². The normalized spacial score (nSPS) is 20.5. The summed E-state index contributed by atoms with van der Waals surface area (Å²) in [5.41, 5.74) is 8.87. The molecule has 1 unspecified atom stereocenters. The fraction of sp³-hybridized carbons (Fsp3) is 0.538. The monoisotopic (exact) mass is 189 g/mol. The Morgan fingerprint density at radius 3 is 2.29 bits per heavy atom. The van der Waals surface area contributed by atoms with Crippen molar-refractivity contribution in [3.8, 4) is 0 Å². The standard InChI is InChI=1S/C13H19N/c1-10-3-5-11(6-4-10)13(2,9-14)12-7-8-12/h3-6,12H,7-9,14H2,1-2H3. The molecule has 14 heavy (non-hydrogen) atoms. The van der Waals surface area contributed by atoms with Crippen LogP contribution < -0.4 is 5.73 Å². The average Bonchev–Trinajstić information content (AvgIpc) is 3.01. The number of rotatable bonds is 3. The molecule has 1 aromatic rings. The lowest BCUT2D eigenvalue weighted by atomic mass is 9.78. The maximum atomic E-state index is 5.92. The van der Waals surface area contributed by atoms with Gasteiger partial charge >= 0.3 is 0 Å². The highest BCUT2D eigenvalue weighted by Crippen LogP contribution is 2.46. The molecule has 1 atom stereocenters. The zero-order chi connectivity index (χ0) is 10.2. The Hall–Kier alpha value is -0.820. The van der Waals surface area contributed by atoms with E-state index in [0.717, 1.165) is 12.5 Å². The summed E-state index contributed by atoms with van der Waals surface area (Å²) in [5, 5.41) is 0. The molecule has 2 rings (SSSR count). The Balaban J connectivity index is 2.31. The molecule has 0 bridgehead atoms. The second-order valence-electron chi connectivity index (χ2n) is 4.76. The van der Waals surface area contributed by atoms with E-state index >= 15 is 0 Å². The lowest BCUT2D eigenvalue weighted by Gasteiger charge is -2.28. The molecule has 76 valence electrons. The first-order chi connectivity index (χ1) is 6.66. The quantitative estimate of drug-likeness (QED) is 0.777. The van der Waals surface area contributed by atoms with E-state index in [1.807, 2.05) is 0 Å². The number of hydrogen-bond acceptors (Lipinski definition) is 1. The van der Waals surface area contributed by atoms with Crippen LogP contribution in [-0.4, -0.2) is 6.54 Å². The van der Waals surface area contributed by atoms with E-state index in [-0.39, 0.29) is 5.41 Å². The summed E-state index contributed by atoms with van der Waals surface area (Å²) in [4.78, 5) is 0. The third kappa shape index (κ3) is 1.57. The summed E-state index contributed by atoms with van der Waals surface area (Å²) in [7, 11) is 0. The van der Waals surface area contributed by atoms with Crippen molar-refractivity contribution in [3.63, 3.8) is 0 Å². The van der Waals surface area contributed by atoms with Gasteiger partial charge in [0.05, 0.1) is 0 Å². The second kappa shape index (κ2) is 3.39. The van der Waals surface area contributed by atoms with Crippen LogP contribution in [0.1, 0.15) is 30.9 Å². The van der Waals surface area contributed by atoms with Crippen molar-refractivity contribution in [1.82, 2.24) is 0 Å². The van der Waals surface area contributed by atoms with E-state index in [1.54, 1.807) is 0 Å². The molecule has 0 aliphatic heterocycles. The minimum absolute atomic E-state index is 0.216.